The molecule has 1 N–H and O–H groups in total. The van der Waals surface area contributed by atoms with Gasteiger partial charge in [0.1, 0.15) is 5.75 Å². The molecule has 0 fully saturated rings. The van der Waals surface area contributed by atoms with E-state index in [4.69, 9.17) is 4.74 Å². The van der Waals surface area contributed by atoms with Crippen LogP contribution in [0.3, 0.4) is 0 Å². The van der Waals surface area contributed by atoms with Gasteiger partial charge in [-0.15, -0.1) is 0 Å². The molecule has 0 saturated carbocycles. The molecular formula is C16H23N3O. The van der Waals surface area contributed by atoms with Crippen molar-refractivity contribution in [3.63, 3.8) is 0 Å². The van der Waals surface area contributed by atoms with Gasteiger partial charge in [-0.3, -0.25) is 4.68 Å². The predicted octanol–water partition coefficient (Wildman–Crippen LogP) is 2.69. The lowest BCUT2D eigenvalue weighted by Crippen LogP contribution is -2.17. The van der Waals surface area contributed by atoms with Crippen LogP contribution in [0, 0.1) is 13.8 Å². The van der Waals surface area contributed by atoms with E-state index in [1.165, 1.54) is 11.3 Å². The fourth-order valence-electron chi connectivity index (χ4n) is 2.27. The molecule has 0 unspecified atom stereocenters. The summed E-state index contributed by atoms with van der Waals surface area (Å²) in [5.74, 6) is 0.909. The van der Waals surface area contributed by atoms with E-state index in [-0.39, 0.29) is 0 Å². The summed E-state index contributed by atoms with van der Waals surface area (Å²) < 4.78 is 7.29. The molecule has 4 heteroatoms. The van der Waals surface area contributed by atoms with Gasteiger partial charge < -0.3 is 10.1 Å². The number of aromatic nitrogens is 2. The van der Waals surface area contributed by atoms with Crippen LogP contribution in [-0.2, 0) is 13.1 Å². The zero-order valence-electron chi connectivity index (χ0n) is 12.5. The summed E-state index contributed by atoms with van der Waals surface area (Å²) >= 11 is 0. The van der Waals surface area contributed by atoms with Gasteiger partial charge in [-0.1, -0.05) is 12.1 Å². The van der Waals surface area contributed by atoms with Crippen molar-refractivity contribution in [2.45, 2.75) is 33.4 Å². The number of methoxy groups -OCH3 is 1. The minimum Gasteiger partial charge on any atom is -0.497 e. The fourth-order valence-corrected chi connectivity index (χ4v) is 2.27. The average Bonchev–Trinajstić information content (AvgIpc) is 2.77. The van der Waals surface area contributed by atoms with Crippen LogP contribution in [0.5, 0.6) is 5.75 Å². The molecule has 108 valence electrons. The summed E-state index contributed by atoms with van der Waals surface area (Å²) in [4.78, 5) is 0. The van der Waals surface area contributed by atoms with Gasteiger partial charge in [-0.25, -0.2) is 0 Å². The number of nitrogens with zero attached hydrogens (tertiary/aromatic N) is 2. The van der Waals surface area contributed by atoms with E-state index in [0.717, 1.165) is 37.5 Å². The smallest absolute Gasteiger partial charge is 0.119 e. The Morgan fingerprint density at radius 2 is 2.10 bits per heavy atom. The fraction of sp³-hybridized carbons (Fsp3) is 0.438. The van der Waals surface area contributed by atoms with Crippen molar-refractivity contribution < 1.29 is 4.74 Å². The highest BCUT2D eigenvalue weighted by molar-refractivity contribution is 5.28. The average molecular weight is 273 g/mol. The Hall–Kier alpha value is -1.81. The standard InChI is InChI=1S/C16H23N3O/c1-13-10-14(2)19(18-13)9-5-8-17-12-15-6-4-7-16(11-15)20-3/h4,6-7,10-11,17H,5,8-9,12H2,1-3H3. The second-order valence-electron chi connectivity index (χ2n) is 5.03. The van der Waals surface area contributed by atoms with Crippen LogP contribution < -0.4 is 10.1 Å². The van der Waals surface area contributed by atoms with Crippen LogP contribution in [0.1, 0.15) is 23.4 Å². The molecule has 0 saturated heterocycles. The molecule has 0 bridgehead atoms. The van der Waals surface area contributed by atoms with Crippen molar-refractivity contribution >= 4 is 0 Å². The molecule has 1 heterocycles. The lowest BCUT2D eigenvalue weighted by molar-refractivity contribution is 0.414. The Kier molecular flexibility index (Phi) is 5.18. The van der Waals surface area contributed by atoms with E-state index in [1.807, 2.05) is 19.1 Å². The number of rotatable bonds is 7. The Morgan fingerprint density at radius 1 is 1.25 bits per heavy atom. The SMILES string of the molecule is COc1cccc(CNCCCn2nc(C)cc2C)c1. The molecule has 0 spiro atoms. The lowest BCUT2D eigenvalue weighted by atomic mass is 10.2. The Bertz CT molecular complexity index is 548. The van der Waals surface area contributed by atoms with E-state index >= 15 is 0 Å². The van der Waals surface area contributed by atoms with Gasteiger partial charge in [-0.05, 0) is 50.6 Å². The Labute approximate surface area is 120 Å². The van der Waals surface area contributed by atoms with E-state index in [2.05, 4.69) is 40.2 Å². The van der Waals surface area contributed by atoms with E-state index in [9.17, 15) is 0 Å². The molecule has 1 aromatic carbocycles. The summed E-state index contributed by atoms with van der Waals surface area (Å²) in [6.45, 7) is 6.95. The van der Waals surface area contributed by atoms with Crippen LogP contribution in [0.4, 0.5) is 0 Å². The molecule has 0 aliphatic carbocycles. The maximum atomic E-state index is 5.22. The van der Waals surface area contributed by atoms with Crippen molar-refractivity contribution in [3.8, 4) is 5.75 Å². The molecule has 0 aliphatic heterocycles. The van der Waals surface area contributed by atoms with Crippen LogP contribution in [0.25, 0.3) is 0 Å². The summed E-state index contributed by atoms with van der Waals surface area (Å²) in [6.07, 6.45) is 1.08. The number of ether oxygens (including phenoxy) is 1. The first-order valence-electron chi connectivity index (χ1n) is 7.04. The first kappa shape index (κ1) is 14.6. The molecule has 2 rings (SSSR count). The van der Waals surface area contributed by atoms with Crippen molar-refractivity contribution in [2.75, 3.05) is 13.7 Å². The van der Waals surface area contributed by atoms with E-state index in [0.29, 0.717) is 0 Å². The van der Waals surface area contributed by atoms with E-state index < -0.39 is 0 Å². The number of hydrogen-bond donors (Lipinski definition) is 1. The maximum absolute atomic E-state index is 5.22. The highest BCUT2D eigenvalue weighted by atomic mass is 16.5. The molecule has 1 aromatic heterocycles. The Balaban J connectivity index is 1.70. The van der Waals surface area contributed by atoms with Gasteiger partial charge in [0.2, 0.25) is 0 Å². The topological polar surface area (TPSA) is 39.1 Å². The Morgan fingerprint density at radius 3 is 2.80 bits per heavy atom. The van der Waals surface area contributed by atoms with Crippen molar-refractivity contribution in [1.29, 1.82) is 0 Å². The quantitative estimate of drug-likeness (QED) is 0.788. The van der Waals surface area contributed by atoms with Gasteiger partial charge in [0.15, 0.2) is 0 Å². The molecule has 0 atom stereocenters. The highest BCUT2D eigenvalue weighted by Crippen LogP contribution is 2.12. The molecule has 0 amide bonds. The van der Waals surface area contributed by atoms with Crippen molar-refractivity contribution in [3.05, 3.63) is 47.3 Å². The minimum atomic E-state index is 0.869. The maximum Gasteiger partial charge on any atom is 0.119 e. The molecule has 4 nitrogen and oxygen atoms in total. The van der Waals surface area contributed by atoms with Crippen molar-refractivity contribution in [1.82, 2.24) is 15.1 Å². The van der Waals surface area contributed by atoms with Gasteiger partial charge in [0.05, 0.1) is 12.8 Å². The third-order valence-electron chi connectivity index (χ3n) is 3.29. The second kappa shape index (κ2) is 7.10. The van der Waals surface area contributed by atoms with Crippen LogP contribution in [0.15, 0.2) is 30.3 Å². The number of nitrogens with one attached hydrogen (secondary N) is 1. The molecule has 0 radical (unpaired) electrons. The number of benzene rings is 1. The molecule has 2 aromatic rings. The number of aryl methyl sites for hydroxylation is 3. The zero-order valence-corrected chi connectivity index (χ0v) is 12.5. The summed E-state index contributed by atoms with van der Waals surface area (Å²) in [7, 11) is 1.70. The van der Waals surface area contributed by atoms with Gasteiger partial charge >= 0.3 is 0 Å². The van der Waals surface area contributed by atoms with Gasteiger partial charge in [0.25, 0.3) is 0 Å². The summed E-state index contributed by atoms with van der Waals surface area (Å²) in [6, 6.07) is 10.3. The first-order valence-corrected chi connectivity index (χ1v) is 7.04. The lowest BCUT2D eigenvalue weighted by Gasteiger charge is -2.07. The first-order chi connectivity index (χ1) is 9.69. The molecular weight excluding hydrogens is 250 g/mol. The third kappa shape index (κ3) is 4.10. The summed E-state index contributed by atoms with van der Waals surface area (Å²) in [5.41, 5.74) is 3.57. The van der Waals surface area contributed by atoms with Gasteiger partial charge in [0, 0.05) is 18.8 Å². The summed E-state index contributed by atoms with van der Waals surface area (Å²) in [5, 5.41) is 7.91. The minimum absolute atomic E-state index is 0.869. The monoisotopic (exact) mass is 273 g/mol. The zero-order chi connectivity index (χ0) is 14.4. The largest absolute Gasteiger partial charge is 0.497 e. The highest BCUT2D eigenvalue weighted by Gasteiger charge is 2.00. The molecule has 0 aliphatic rings. The van der Waals surface area contributed by atoms with Crippen LogP contribution >= 0.6 is 0 Å². The van der Waals surface area contributed by atoms with Crippen LogP contribution in [0.2, 0.25) is 0 Å². The van der Waals surface area contributed by atoms with Gasteiger partial charge in [-0.2, -0.15) is 5.10 Å². The van der Waals surface area contributed by atoms with E-state index in [1.54, 1.807) is 7.11 Å². The molecule has 20 heavy (non-hydrogen) atoms. The van der Waals surface area contributed by atoms with Crippen LogP contribution in [-0.4, -0.2) is 23.4 Å². The predicted molar refractivity (Wildman–Crippen MR) is 81.0 cm³/mol. The normalized spacial score (nSPS) is 10.8. The second-order valence-corrected chi connectivity index (χ2v) is 5.03. The van der Waals surface area contributed by atoms with Crippen molar-refractivity contribution in [2.24, 2.45) is 0 Å². The number of hydrogen-bond acceptors (Lipinski definition) is 3. The third-order valence-corrected chi connectivity index (χ3v) is 3.29.